The zero-order valence-corrected chi connectivity index (χ0v) is 10.7. The van der Waals surface area contributed by atoms with Crippen LogP contribution in [-0.2, 0) is 4.79 Å². The smallest absolute Gasteiger partial charge is 0.422 e. The molecule has 2 rings (SSSR count). The third-order valence-corrected chi connectivity index (χ3v) is 3.09. The quantitative estimate of drug-likeness (QED) is 0.921. The van der Waals surface area contributed by atoms with E-state index in [4.69, 9.17) is 5.73 Å². The summed E-state index contributed by atoms with van der Waals surface area (Å²) in [7, 11) is 0. The summed E-state index contributed by atoms with van der Waals surface area (Å²) >= 11 is 0. The normalized spacial score (nSPS) is 19.5. The Bertz CT molecular complexity index is 473. The number of hydrogen-bond donors (Lipinski definition) is 1. The van der Waals surface area contributed by atoms with E-state index in [0.717, 1.165) is 0 Å². The highest BCUT2D eigenvalue weighted by Crippen LogP contribution is 2.27. The number of benzene rings is 1. The molecule has 0 saturated carbocycles. The minimum Gasteiger partial charge on any atom is -0.484 e. The van der Waals surface area contributed by atoms with Crippen molar-refractivity contribution in [2.75, 3.05) is 24.6 Å². The highest BCUT2D eigenvalue weighted by molar-refractivity contribution is 5.95. The molecule has 1 aromatic rings. The van der Waals surface area contributed by atoms with Gasteiger partial charge in [-0.1, -0.05) is 0 Å². The molecule has 0 aromatic heterocycles. The number of nitrogens with zero attached hydrogens (tertiary/aromatic N) is 1. The summed E-state index contributed by atoms with van der Waals surface area (Å²) in [6.07, 6.45) is -3.96. The summed E-state index contributed by atoms with van der Waals surface area (Å²) < 4.78 is 40.6. The third kappa shape index (κ3) is 3.63. The molecule has 0 aliphatic carbocycles. The Labute approximate surface area is 114 Å². The van der Waals surface area contributed by atoms with Crippen LogP contribution in [0.15, 0.2) is 24.3 Å². The Hall–Kier alpha value is -1.76. The lowest BCUT2D eigenvalue weighted by Gasteiger charge is -2.17. The van der Waals surface area contributed by atoms with Crippen LogP contribution in [0.2, 0.25) is 0 Å². The third-order valence-electron chi connectivity index (χ3n) is 3.09. The largest absolute Gasteiger partial charge is 0.484 e. The molecule has 4 nitrogen and oxygen atoms in total. The first kappa shape index (κ1) is 14.6. The van der Waals surface area contributed by atoms with Gasteiger partial charge in [-0.2, -0.15) is 13.2 Å². The molecule has 1 unspecified atom stereocenters. The minimum atomic E-state index is -4.36. The van der Waals surface area contributed by atoms with E-state index in [0.29, 0.717) is 25.2 Å². The second-order valence-corrected chi connectivity index (χ2v) is 4.71. The number of carbonyl (C=O) groups is 1. The van der Waals surface area contributed by atoms with Gasteiger partial charge in [0.15, 0.2) is 6.61 Å². The molecule has 0 bridgehead atoms. The van der Waals surface area contributed by atoms with Crippen LogP contribution in [0.3, 0.4) is 0 Å². The molecule has 1 amide bonds. The maximum Gasteiger partial charge on any atom is 0.422 e. The van der Waals surface area contributed by atoms with E-state index in [1.165, 1.54) is 12.1 Å². The zero-order valence-electron chi connectivity index (χ0n) is 10.7. The van der Waals surface area contributed by atoms with E-state index in [-0.39, 0.29) is 17.6 Å². The predicted octanol–water partition coefficient (Wildman–Crippen LogP) is 1.94. The summed E-state index contributed by atoms with van der Waals surface area (Å²) in [5.74, 6) is 0.223. The lowest BCUT2D eigenvalue weighted by atomic mass is 10.1. The van der Waals surface area contributed by atoms with Gasteiger partial charge in [0.2, 0.25) is 5.91 Å². The number of alkyl halides is 3. The van der Waals surface area contributed by atoms with Crippen LogP contribution in [0.25, 0.3) is 0 Å². The van der Waals surface area contributed by atoms with Crippen molar-refractivity contribution in [2.24, 2.45) is 11.7 Å². The summed E-state index contributed by atoms with van der Waals surface area (Å²) in [5.41, 5.74) is 6.18. The summed E-state index contributed by atoms with van der Waals surface area (Å²) in [4.78, 5) is 13.4. The van der Waals surface area contributed by atoms with E-state index in [1.54, 1.807) is 17.0 Å². The summed E-state index contributed by atoms with van der Waals surface area (Å²) in [6.45, 7) is -0.350. The van der Waals surface area contributed by atoms with Gasteiger partial charge in [0.05, 0.1) is 0 Å². The molecule has 20 heavy (non-hydrogen) atoms. The predicted molar refractivity (Wildman–Crippen MR) is 67.5 cm³/mol. The molecular formula is C13H15F3N2O2. The number of amides is 1. The van der Waals surface area contributed by atoms with Crippen molar-refractivity contribution in [3.63, 3.8) is 0 Å². The Kier molecular flexibility index (Phi) is 4.17. The first-order valence-electron chi connectivity index (χ1n) is 6.19. The molecule has 1 atom stereocenters. The van der Waals surface area contributed by atoms with Crippen LogP contribution in [0.4, 0.5) is 18.9 Å². The van der Waals surface area contributed by atoms with Gasteiger partial charge in [-0.25, -0.2) is 0 Å². The highest BCUT2D eigenvalue weighted by atomic mass is 19.4. The molecule has 0 radical (unpaired) electrons. The molecule has 1 aliphatic heterocycles. The van der Waals surface area contributed by atoms with E-state index >= 15 is 0 Å². The van der Waals surface area contributed by atoms with Gasteiger partial charge in [0.1, 0.15) is 5.75 Å². The van der Waals surface area contributed by atoms with Gasteiger partial charge >= 0.3 is 6.18 Å². The van der Waals surface area contributed by atoms with Crippen LogP contribution in [0.1, 0.15) is 6.42 Å². The van der Waals surface area contributed by atoms with E-state index in [2.05, 4.69) is 4.74 Å². The van der Waals surface area contributed by atoms with Crippen molar-refractivity contribution < 1.29 is 22.7 Å². The molecule has 2 N–H and O–H groups in total. The van der Waals surface area contributed by atoms with Crippen molar-refractivity contribution in [1.29, 1.82) is 0 Å². The van der Waals surface area contributed by atoms with Gasteiger partial charge in [-0.05, 0) is 36.7 Å². The Morgan fingerprint density at radius 1 is 1.30 bits per heavy atom. The first-order chi connectivity index (χ1) is 9.39. The van der Waals surface area contributed by atoms with E-state index in [9.17, 15) is 18.0 Å². The lowest BCUT2D eigenvalue weighted by molar-refractivity contribution is -0.153. The van der Waals surface area contributed by atoms with Gasteiger partial charge in [0, 0.05) is 18.7 Å². The standard InChI is InChI=1S/C13H15F3N2O2/c14-13(15,16)8-20-11-3-1-10(2-4-11)18-7-9(6-17)5-12(18)19/h1-4,9H,5-8,17H2. The van der Waals surface area contributed by atoms with E-state index in [1.807, 2.05) is 0 Å². The summed E-state index contributed by atoms with van der Waals surface area (Å²) in [6, 6.07) is 5.99. The maximum absolute atomic E-state index is 12.0. The molecule has 1 saturated heterocycles. The number of rotatable bonds is 4. The average Bonchev–Trinajstić information content (AvgIpc) is 2.77. The minimum absolute atomic E-state index is 0.0237. The first-order valence-corrected chi connectivity index (χ1v) is 6.19. The lowest BCUT2D eigenvalue weighted by Crippen LogP contribution is -2.25. The van der Waals surface area contributed by atoms with Crippen LogP contribution in [0.5, 0.6) is 5.75 Å². The van der Waals surface area contributed by atoms with Crippen LogP contribution < -0.4 is 15.4 Å². The van der Waals surface area contributed by atoms with Crippen LogP contribution in [-0.4, -0.2) is 31.8 Å². The fourth-order valence-corrected chi connectivity index (χ4v) is 2.08. The van der Waals surface area contributed by atoms with Gasteiger partial charge in [-0.15, -0.1) is 0 Å². The van der Waals surface area contributed by atoms with Crippen LogP contribution in [0, 0.1) is 5.92 Å². The van der Waals surface area contributed by atoms with Gasteiger partial charge < -0.3 is 15.4 Å². The van der Waals surface area contributed by atoms with Gasteiger partial charge in [0.25, 0.3) is 0 Å². The second-order valence-electron chi connectivity index (χ2n) is 4.71. The number of nitrogens with two attached hydrogens (primary N) is 1. The van der Waals surface area contributed by atoms with Crippen molar-refractivity contribution in [3.8, 4) is 5.75 Å². The zero-order chi connectivity index (χ0) is 14.8. The molecule has 110 valence electrons. The number of hydrogen-bond acceptors (Lipinski definition) is 3. The number of ether oxygens (including phenoxy) is 1. The average molecular weight is 288 g/mol. The second kappa shape index (κ2) is 5.70. The topological polar surface area (TPSA) is 55.6 Å². The molecular weight excluding hydrogens is 273 g/mol. The number of anilines is 1. The Balaban J connectivity index is 2.00. The molecule has 1 aliphatic rings. The fraction of sp³-hybridized carbons (Fsp3) is 0.462. The van der Waals surface area contributed by atoms with Gasteiger partial charge in [-0.3, -0.25) is 4.79 Å². The molecule has 1 heterocycles. The van der Waals surface area contributed by atoms with E-state index < -0.39 is 12.8 Å². The SMILES string of the molecule is NCC1CC(=O)N(c2ccc(OCC(F)(F)F)cc2)C1. The summed E-state index contributed by atoms with van der Waals surface area (Å²) in [5, 5.41) is 0. The van der Waals surface area contributed by atoms with Crippen molar-refractivity contribution in [3.05, 3.63) is 24.3 Å². The van der Waals surface area contributed by atoms with Crippen LogP contribution >= 0.6 is 0 Å². The highest BCUT2D eigenvalue weighted by Gasteiger charge is 2.30. The molecule has 1 aromatic carbocycles. The maximum atomic E-state index is 12.0. The Morgan fingerprint density at radius 2 is 1.95 bits per heavy atom. The number of halogens is 3. The molecule has 7 heteroatoms. The van der Waals surface area contributed by atoms with Crippen molar-refractivity contribution in [1.82, 2.24) is 0 Å². The van der Waals surface area contributed by atoms with Crippen molar-refractivity contribution >= 4 is 11.6 Å². The fourth-order valence-electron chi connectivity index (χ4n) is 2.08. The monoisotopic (exact) mass is 288 g/mol. The molecule has 0 spiro atoms. The molecule has 1 fully saturated rings. The Morgan fingerprint density at radius 3 is 2.45 bits per heavy atom. The number of carbonyl (C=O) groups excluding carboxylic acids is 1. The van der Waals surface area contributed by atoms with Crippen molar-refractivity contribution in [2.45, 2.75) is 12.6 Å².